The van der Waals surface area contributed by atoms with E-state index in [9.17, 15) is 0 Å². The largest absolute Gasteiger partial charge is 0.0839 e. The van der Waals surface area contributed by atoms with Gasteiger partial charge in [-0.05, 0) is 43.0 Å². The van der Waals surface area contributed by atoms with Crippen molar-refractivity contribution in [3.63, 3.8) is 0 Å². The molecule has 2 aliphatic carbocycles. The number of halogens is 1. The van der Waals surface area contributed by atoms with Crippen LogP contribution in [0.1, 0.15) is 73.6 Å². The Morgan fingerprint density at radius 3 is 2.33 bits per heavy atom. The topological polar surface area (TPSA) is 0 Å². The Bertz CT molecular complexity index is 288. The van der Waals surface area contributed by atoms with Gasteiger partial charge in [-0.3, -0.25) is 0 Å². The van der Waals surface area contributed by atoms with Crippen LogP contribution in [0.3, 0.4) is 0 Å². The molecule has 1 spiro atoms. The average molecular weight is 315 g/mol. The second-order valence-electron chi connectivity index (χ2n) is 4.70. The fourth-order valence-electron chi connectivity index (χ4n) is 3.27. The molecule has 0 heterocycles. The first kappa shape index (κ1) is 18.0. The minimum Gasteiger partial charge on any atom is -0.0839 e. The Kier molecular flexibility index (Phi) is 8.94. The van der Waals surface area contributed by atoms with Gasteiger partial charge in [-0.2, -0.15) is 0 Å². The molecular weight excluding hydrogens is 284 g/mol. The highest BCUT2D eigenvalue weighted by atomic mass is 79.9. The molecule has 0 saturated heterocycles. The van der Waals surface area contributed by atoms with Crippen molar-refractivity contribution in [2.75, 3.05) is 0 Å². The van der Waals surface area contributed by atoms with E-state index in [1.54, 1.807) is 11.1 Å². The van der Waals surface area contributed by atoms with Crippen LogP contribution in [0.5, 0.6) is 0 Å². The molecule has 2 aliphatic rings. The summed E-state index contributed by atoms with van der Waals surface area (Å²) in [5.41, 5.74) is 3.90. The third-order valence-electron chi connectivity index (χ3n) is 4.35. The van der Waals surface area contributed by atoms with Gasteiger partial charge >= 0.3 is 0 Å². The maximum atomic E-state index is 3.52. The highest BCUT2D eigenvalue weighted by Gasteiger charge is 2.45. The Hall–Kier alpha value is -0.0400. The van der Waals surface area contributed by atoms with Crippen molar-refractivity contribution >= 4 is 15.9 Å². The molecular formula is C17H31Br. The first-order chi connectivity index (χ1) is 8.74. The van der Waals surface area contributed by atoms with E-state index < -0.39 is 0 Å². The minimum absolute atomic E-state index is 0.562. The Morgan fingerprint density at radius 2 is 1.94 bits per heavy atom. The monoisotopic (exact) mass is 314 g/mol. The summed E-state index contributed by atoms with van der Waals surface area (Å²) in [7, 11) is 0. The van der Waals surface area contributed by atoms with Crippen molar-refractivity contribution < 1.29 is 0 Å². The number of allylic oxidation sites excluding steroid dienone is 3. The maximum absolute atomic E-state index is 3.52. The first-order valence-corrected chi connectivity index (χ1v) is 8.65. The van der Waals surface area contributed by atoms with Gasteiger partial charge in [0, 0.05) is 5.41 Å². The molecule has 0 bridgehead atoms. The molecule has 1 saturated carbocycles. The summed E-state index contributed by atoms with van der Waals surface area (Å²) in [6.07, 6.45) is 9.11. The fraction of sp³-hybridized carbons (Fsp3) is 0.765. The van der Waals surface area contributed by atoms with Gasteiger partial charge in [-0.1, -0.05) is 74.7 Å². The maximum Gasteiger partial charge on any atom is 0.000944 e. The lowest BCUT2D eigenvalue weighted by molar-refractivity contribution is 0.171. The van der Waals surface area contributed by atoms with Crippen LogP contribution in [0, 0.1) is 11.3 Å². The molecule has 1 fully saturated rings. The molecule has 0 radical (unpaired) electrons. The van der Waals surface area contributed by atoms with Crippen LogP contribution in [0.15, 0.2) is 22.2 Å². The van der Waals surface area contributed by atoms with Crippen LogP contribution >= 0.6 is 15.9 Å². The molecule has 0 aromatic carbocycles. The smallest absolute Gasteiger partial charge is 0.000944 e. The van der Waals surface area contributed by atoms with Gasteiger partial charge in [-0.15, -0.1) is 0 Å². The molecule has 2 rings (SSSR count). The molecule has 0 aromatic rings. The molecule has 106 valence electrons. The highest BCUT2D eigenvalue weighted by Crippen LogP contribution is 2.57. The summed E-state index contributed by atoms with van der Waals surface area (Å²) in [5.74, 6) is 0.760. The third-order valence-corrected chi connectivity index (χ3v) is 4.93. The fourth-order valence-corrected chi connectivity index (χ4v) is 3.89. The van der Waals surface area contributed by atoms with E-state index in [2.05, 4.69) is 40.8 Å². The normalized spacial score (nSPS) is 31.6. The van der Waals surface area contributed by atoms with E-state index in [0.29, 0.717) is 5.41 Å². The first-order valence-electron chi connectivity index (χ1n) is 7.73. The van der Waals surface area contributed by atoms with Crippen LogP contribution in [0.2, 0.25) is 0 Å². The zero-order chi connectivity index (χ0) is 14.2. The quantitative estimate of drug-likeness (QED) is 0.463. The second kappa shape index (κ2) is 8.96. The van der Waals surface area contributed by atoms with Crippen LogP contribution in [-0.4, -0.2) is 0 Å². The zero-order valence-corrected chi connectivity index (χ0v) is 14.7. The average Bonchev–Trinajstić information content (AvgIpc) is 2.43. The second-order valence-corrected chi connectivity index (χ2v) is 5.16. The lowest BCUT2D eigenvalue weighted by Gasteiger charge is -2.50. The number of hydrogen-bond acceptors (Lipinski definition) is 0. The van der Waals surface area contributed by atoms with Gasteiger partial charge in [0.15, 0.2) is 0 Å². The molecule has 0 N–H and O–H groups in total. The van der Waals surface area contributed by atoms with Gasteiger partial charge in [0.05, 0.1) is 0 Å². The summed E-state index contributed by atoms with van der Waals surface area (Å²) in [6, 6.07) is 0. The van der Waals surface area contributed by atoms with Gasteiger partial charge in [-0.25, -0.2) is 0 Å². The van der Waals surface area contributed by atoms with E-state index >= 15 is 0 Å². The molecule has 0 aliphatic heterocycles. The van der Waals surface area contributed by atoms with Crippen LogP contribution in [-0.2, 0) is 0 Å². The van der Waals surface area contributed by atoms with Crippen molar-refractivity contribution in [3.8, 4) is 0 Å². The SMILES string of the molecule is CC.CC.CCC1=CCC12CCC/C(=C\Br)C2C. The van der Waals surface area contributed by atoms with Crippen LogP contribution < -0.4 is 0 Å². The Labute approximate surface area is 123 Å². The lowest BCUT2D eigenvalue weighted by Crippen LogP contribution is -2.39. The van der Waals surface area contributed by atoms with E-state index in [0.717, 1.165) is 5.92 Å². The summed E-state index contributed by atoms with van der Waals surface area (Å²) in [5, 5.41) is 0. The minimum atomic E-state index is 0.562. The van der Waals surface area contributed by atoms with Gasteiger partial charge in [0.2, 0.25) is 0 Å². The Balaban J connectivity index is 0.000000659. The zero-order valence-electron chi connectivity index (χ0n) is 13.1. The van der Waals surface area contributed by atoms with E-state index in [4.69, 9.17) is 0 Å². The van der Waals surface area contributed by atoms with Crippen LogP contribution in [0.25, 0.3) is 0 Å². The predicted octanol–water partition coefficient (Wildman–Crippen LogP) is 6.86. The summed E-state index contributed by atoms with van der Waals surface area (Å²) >= 11 is 3.52. The molecule has 2 unspecified atom stereocenters. The predicted molar refractivity (Wildman–Crippen MR) is 88.1 cm³/mol. The molecule has 18 heavy (non-hydrogen) atoms. The molecule has 1 heteroatoms. The molecule has 2 atom stereocenters. The standard InChI is InChI=1S/C13H19Br.2C2H6/c1-3-12-6-8-13(12)7-4-5-11(9-14)10(13)2;2*1-2/h6,9-10H,3-5,7-8H2,1-2H3;2*1-2H3/b11-9+;;. The van der Waals surface area contributed by atoms with Crippen molar-refractivity contribution in [1.82, 2.24) is 0 Å². The van der Waals surface area contributed by atoms with Crippen molar-refractivity contribution in [3.05, 3.63) is 22.2 Å². The molecule has 0 amide bonds. The van der Waals surface area contributed by atoms with Crippen LogP contribution in [0.4, 0.5) is 0 Å². The summed E-state index contributed by atoms with van der Waals surface area (Å²) in [6.45, 7) is 12.7. The van der Waals surface area contributed by atoms with Crippen molar-refractivity contribution in [2.24, 2.45) is 11.3 Å². The van der Waals surface area contributed by atoms with Gasteiger partial charge in [0.1, 0.15) is 0 Å². The summed E-state index contributed by atoms with van der Waals surface area (Å²) < 4.78 is 0. The van der Waals surface area contributed by atoms with Gasteiger partial charge in [0.25, 0.3) is 0 Å². The molecule has 0 nitrogen and oxygen atoms in total. The van der Waals surface area contributed by atoms with E-state index in [-0.39, 0.29) is 0 Å². The number of rotatable bonds is 1. The third kappa shape index (κ3) is 3.29. The van der Waals surface area contributed by atoms with Gasteiger partial charge < -0.3 is 0 Å². The van der Waals surface area contributed by atoms with E-state index in [1.165, 1.54) is 32.1 Å². The van der Waals surface area contributed by atoms with E-state index in [1.807, 2.05) is 27.7 Å². The molecule has 0 aromatic heterocycles. The van der Waals surface area contributed by atoms with Crippen molar-refractivity contribution in [2.45, 2.75) is 73.6 Å². The highest BCUT2D eigenvalue weighted by molar-refractivity contribution is 9.11. The summed E-state index contributed by atoms with van der Waals surface area (Å²) in [4.78, 5) is 2.17. The lowest BCUT2D eigenvalue weighted by atomic mass is 9.54. The number of hydrogen-bond donors (Lipinski definition) is 0. The van der Waals surface area contributed by atoms with Crippen molar-refractivity contribution in [1.29, 1.82) is 0 Å². The Morgan fingerprint density at radius 1 is 1.33 bits per heavy atom.